The molecule has 1 rings (SSSR count). The van der Waals surface area contributed by atoms with Crippen molar-refractivity contribution in [3.63, 3.8) is 0 Å². The zero-order chi connectivity index (χ0) is 14.6. The molecular formula is C12H15F3N2O2. The molecule has 1 aromatic rings. The van der Waals surface area contributed by atoms with E-state index in [1.807, 2.05) is 0 Å². The summed E-state index contributed by atoms with van der Waals surface area (Å²) in [6.07, 6.45) is -4.84. The molecule has 0 saturated heterocycles. The first-order chi connectivity index (χ1) is 8.80. The van der Waals surface area contributed by atoms with Crippen molar-refractivity contribution in [1.29, 1.82) is 0 Å². The van der Waals surface area contributed by atoms with Crippen molar-refractivity contribution in [2.75, 3.05) is 18.8 Å². The molecule has 0 spiro atoms. The van der Waals surface area contributed by atoms with Crippen molar-refractivity contribution < 1.29 is 22.7 Å². The number of alkyl halides is 3. The second kappa shape index (κ2) is 5.81. The van der Waals surface area contributed by atoms with Crippen LogP contribution in [0.2, 0.25) is 0 Å². The standard InChI is InChI=1S/C12H15F3N2O2/c1-3-17(4-2)11(18)8-6-5-7-9(10(8)16)19-12(13,14)15/h5-7H,3-4,16H2,1-2H3. The van der Waals surface area contributed by atoms with Gasteiger partial charge in [-0.05, 0) is 26.0 Å². The zero-order valence-electron chi connectivity index (χ0n) is 10.6. The molecule has 2 N–H and O–H groups in total. The summed E-state index contributed by atoms with van der Waals surface area (Å²) in [5.41, 5.74) is 5.26. The van der Waals surface area contributed by atoms with Crippen molar-refractivity contribution in [3.05, 3.63) is 23.8 Å². The van der Waals surface area contributed by atoms with Crippen molar-refractivity contribution in [1.82, 2.24) is 4.90 Å². The van der Waals surface area contributed by atoms with Crippen molar-refractivity contribution in [2.24, 2.45) is 0 Å². The fourth-order valence-corrected chi connectivity index (χ4v) is 1.63. The van der Waals surface area contributed by atoms with E-state index in [0.717, 1.165) is 6.07 Å². The highest BCUT2D eigenvalue weighted by Crippen LogP contribution is 2.31. The third-order valence-corrected chi connectivity index (χ3v) is 2.57. The van der Waals surface area contributed by atoms with Gasteiger partial charge < -0.3 is 15.4 Å². The minimum Gasteiger partial charge on any atom is -0.404 e. The molecule has 0 bridgehead atoms. The third kappa shape index (κ3) is 3.77. The minimum absolute atomic E-state index is 0.00505. The van der Waals surface area contributed by atoms with Gasteiger partial charge in [-0.25, -0.2) is 0 Å². The Morgan fingerprint density at radius 3 is 2.37 bits per heavy atom. The van der Waals surface area contributed by atoms with Crippen LogP contribution in [0.1, 0.15) is 24.2 Å². The highest BCUT2D eigenvalue weighted by molar-refractivity contribution is 6.00. The first-order valence-electron chi connectivity index (χ1n) is 5.73. The number of carbonyl (C=O) groups is 1. The molecule has 106 valence electrons. The SMILES string of the molecule is CCN(CC)C(=O)c1cccc(OC(F)(F)F)c1N. The van der Waals surface area contributed by atoms with Gasteiger partial charge in [0, 0.05) is 13.1 Å². The van der Waals surface area contributed by atoms with Gasteiger partial charge in [0.05, 0.1) is 11.3 Å². The Balaban J connectivity index is 3.10. The summed E-state index contributed by atoms with van der Waals surface area (Å²) in [6.45, 7) is 4.43. The van der Waals surface area contributed by atoms with E-state index in [-0.39, 0.29) is 11.3 Å². The molecule has 0 fully saturated rings. The maximum atomic E-state index is 12.2. The van der Waals surface area contributed by atoms with Gasteiger partial charge >= 0.3 is 6.36 Å². The smallest absolute Gasteiger partial charge is 0.404 e. The van der Waals surface area contributed by atoms with E-state index in [1.54, 1.807) is 13.8 Å². The lowest BCUT2D eigenvalue weighted by atomic mass is 10.1. The van der Waals surface area contributed by atoms with Crippen LogP contribution >= 0.6 is 0 Å². The van der Waals surface area contributed by atoms with E-state index < -0.39 is 18.0 Å². The van der Waals surface area contributed by atoms with Gasteiger partial charge in [0.25, 0.3) is 5.91 Å². The van der Waals surface area contributed by atoms with Crippen LogP contribution < -0.4 is 10.5 Å². The number of benzene rings is 1. The molecule has 19 heavy (non-hydrogen) atoms. The quantitative estimate of drug-likeness (QED) is 0.860. The molecule has 0 aliphatic rings. The van der Waals surface area contributed by atoms with Gasteiger partial charge in [0.2, 0.25) is 0 Å². The predicted octanol–water partition coefficient (Wildman–Crippen LogP) is 2.65. The lowest BCUT2D eigenvalue weighted by Gasteiger charge is -2.20. The fourth-order valence-electron chi connectivity index (χ4n) is 1.63. The maximum Gasteiger partial charge on any atom is 0.573 e. The maximum absolute atomic E-state index is 12.2. The topological polar surface area (TPSA) is 55.6 Å². The van der Waals surface area contributed by atoms with Crippen molar-refractivity contribution >= 4 is 11.6 Å². The molecule has 0 radical (unpaired) electrons. The number of rotatable bonds is 4. The van der Waals surface area contributed by atoms with Crippen LogP contribution in [0, 0.1) is 0 Å². The Kier molecular flexibility index (Phi) is 4.63. The first-order valence-corrected chi connectivity index (χ1v) is 5.73. The lowest BCUT2D eigenvalue weighted by Crippen LogP contribution is -2.31. The summed E-state index contributed by atoms with van der Waals surface area (Å²) in [5.74, 6) is -0.986. The van der Waals surface area contributed by atoms with Crippen molar-refractivity contribution in [3.8, 4) is 5.75 Å². The Morgan fingerprint density at radius 1 is 1.32 bits per heavy atom. The predicted molar refractivity (Wildman–Crippen MR) is 64.8 cm³/mol. The normalized spacial score (nSPS) is 11.2. The van der Waals surface area contributed by atoms with Crippen LogP contribution in [0.3, 0.4) is 0 Å². The third-order valence-electron chi connectivity index (χ3n) is 2.57. The van der Waals surface area contributed by atoms with E-state index >= 15 is 0 Å². The summed E-state index contributed by atoms with van der Waals surface area (Å²) in [6, 6.07) is 3.75. The number of amides is 1. The van der Waals surface area contributed by atoms with Crippen LogP contribution in [0.15, 0.2) is 18.2 Å². The van der Waals surface area contributed by atoms with Gasteiger partial charge in [-0.1, -0.05) is 6.07 Å². The molecule has 4 nitrogen and oxygen atoms in total. The molecule has 0 heterocycles. The number of ether oxygens (including phenoxy) is 1. The molecule has 0 atom stereocenters. The number of nitrogens with zero attached hydrogens (tertiary/aromatic N) is 1. The number of nitrogen functional groups attached to an aromatic ring is 1. The molecule has 1 amide bonds. The number of halogens is 3. The Bertz CT molecular complexity index is 457. The Hall–Kier alpha value is -1.92. The van der Waals surface area contributed by atoms with E-state index in [4.69, 9.17) is 5.73 Å². The second-order valence-electron chi connectivity index (χ2n) is 3.74. The van der Waals surface area contributed by atoms with Gasteiger partial charge in [-0.3, -0.25) is 4.79 Å². The van der Waals surface area contributed by atoms with Crippen LogP contribution in [-0.2, 0) is 0 Å². The molecular weight excluding hydrogens is 261 g/mol. The number of nitrogens with two attached hydrogens (primary N) is 1. The average Bonchev–Trinajstić information content (AvgIpc) is 2.31. The molecule has 0 aliphatic carbocycles. The molecule has 1 aromatic carbocycles. The van der Waals surface area contributed by atoms with Gasteiger partial charge in [0.15, 0.2) is 5.75 Å². The number of hydrogen-bond donors (Lipinski definition) is 1. The van der Waals surface area contributed by atoms with Crippen molar-refractivity contribution in [2.45, 2.75) is 20.2 Å². The highest BCUT2D eigenvalue weighted by Gasteiger charge is 2.32. The van der Waals surface area contributed by atoms with E-state index in [0.29, 0.717) is 13.1 Å². The van der Waals surface area contributed by atoms with Crippen LogP contribution in [-0.4, -0.2) is 30.3 Å². The largest absolute Gasteiger partial charge is 0.573 e. The summed E-state index contributed by atoms with van der Waals surface area (Å²) in [5, 5.41) is 0. The number of hydrogen-bond acceptors (Lipinski definition) is 3. The zero-order valence-corrected chi connectivity index (χ0v) is 10.6. The fraction of sp³-hybridized carbons (Fsp3) is 0.417. The van der Waals surface area contributed by atoms with E-state index in [9.17, 15) is 18.0 Å². The number of anilines is 1. The monoisotopic (exact) mass is 276 g/mol. The minimum atomic E-state index is -4.84. The molecule has 0 aromatic heterocycles. The van der Waals surface area contributed by atoms with Gasteiger partial charge in [-0.2, -0.15) is 0 Å². The summed E-state index contributed by atoms with van der Waals surface area (Å²) in [4.78, 5) is 13.5. The average molecular weight is 276 g/mol. The van der Waals surface area contributed by atoms with Crippen LogP contribution in [0.5, 0.6) is 5.75 Å². The Labute approximate surface area is 108 Å². The lowest BCUT2D eigenvalue weighted by molar-refractivity contribution is -0.274. The summed E-state index contributed by atoms with van der Waals surface area (Å²) >= 11 is 0. The van der Waals surface area contributed by atoms with Crippen LogP contribution in [0.4, 0.5) is 18.9 Å². The molecule has 7 heteroatoms. The molecule has 0 aliphatic heterocycles. The van der Waals surface area contributed by atoms with E-state index in [1.165, 1.54) is 17.0 Å². The number of carbonyl (C=O) groups excluding carboxylic acids is 1. The first kappa shape index (κ1) is 15.1. The van der Waals surface area contributed by atoms with Gasteiger partial charge in [0.1, 0.15) is 0 Å². The van der Waals surface area contributed by atoms with Crippen LogP contribution in [0.25, 0.3) is 0 Å². The second-order valence-corrected chi connectivity index (χ2v) is 3.74. The molecule has 0 saturated carbocycles. The number of para-hydroxylation sites is 1. The van der Waals surface area contributed by atoms with E-state index in [2.05, 4.69) is 4.74 Å². The molecule has 0 unspecified atom stereocenters. The summed E-state index contributed by atoms with van der Waals surface area (Å²) in [7, 11) is 0. The Morgan fingerprint density at radius 2 is 1.89 bits per heavy atom. The summed E-state index contributed by atoms with van der Waals surface area (Å²) < 4.78 is 40.3. The highest BCUT2D eigenvalue weighted by atomic mass is 19.4. The van der Waals surface area contributed by atoms with Gasteiger partial charge in [-0.15, -0.1) is 13.2 Å².